The van der Waals surface area contributed by atoms with E-state index in [-0.39, 0.29) is 6.61 Å². The topological polar surface area (TPSA) is 32.7 Å². The van der Waals surface area contributed by atoms with Gasteiger partial charge in [0.05, 0.1) is 13.1 Å². The van der Waals surface area contributed by atoms with Crippen molar-refractivity contribution >= 4 is 0 Å². The molecule has 3 nitrogen and oxygen atoms in total. The van der Waals surface area contributed by atoms with Gasteiger partial charge in [0.2, 0.25) is 0 Å². The predicted octanol–water partition coefficient (Wildman–Crippen LogP) is 0.995. The molecule has 0 aliphatic carbocycles. The van der Waals surface area contributed by atoms with Gasteiger partial charge in [0, 0.05) is 6.54 Å². The minimum absolute atomic E-state index is 0.218. The molecule has 18 heavy (non-hydrogen) atoms. The van der Waals surface area contributed by atoms with Crippen molar-refractivity contribution in [1.82, 2.24) is 4.90 Å². The van der Waals surface area contributed by atoms with E-state index >= 15 is 0 Å². The minimum atomic E-state index is -0.619. The highest BCUT2D eigenvalue weighted by Gasteiger charge is 2.10. The van der Waals surface area contributed by atoms with Crippen molar-refractivity contribution in [3.8, 4) is 30.4 Å². The van der Waals surface area contributed by atoms with Crippen LogP contribution in [0.15, 0.2) is 30.3 Å². The molecule has 1 aromatic carbocycles. The molecule has 94 valence electrons. The summed E-state index contributed by atoms with van der Waals surface area (Å²) in [6, 6.07) is 9.35. The highest BCUT2D eigenvalue weighted by atomic mass is 16.5. The van der Waals surface area contributed by atoms with Crippen LogP contribution in [0.25, 0.3) is 0 Å². The Morgan fingerprint density at radius 2 is 1.78 bits per heavy atom. The Labute approximate surface area is 108 Å². The van der Waals surface area contributed by atoms with Crippen LogP contribution in [0.2, 0.25) is 0 Å². The fourth-order valence-corrected chi connectivity index (χ4v) is 1.50. The second-order valence-electron chi connectivity index (χ2n) is 3.86. The predicted molar refractivity (Wildman–Crippen MR) is 72.0 cm³/mol. The Morgan fingerprint density at radius 3 is 2.33 bits per heavy atom. The van der Waals surface area contributed by atoms with Crippen molar-refractivity contribution < 1.29 is 9.84 Å². The fraction of sp³-hybridized carbons (Fsp3) is 0.333. The first-order chi connectivity index (χ1) is 8.76. The number of hydrogen-bond donors (Lipinski definition) is 1. The van der Waals surface area contributed by atoms with Crippen molar-refractivity contribution in [2.45, 2.75) is 6.10 Å². The highest BCUT2D eigenvalue weighted by Crippen LogP contribution is 2.08. The maximum Gasteiger partial charge on any atom is 0.119 e. The van der Waals surface area contributed by atoms with E-state index in [1.807, 2.05) is 35.2 Å². The Kier molecular flexibility index (Phi) is 6.43. The Bertz CT molecular complexity index is 400. The number of para-hydroxylation sites is 1. The van der Waals surface area contributed by atoms with Crippen LogP contribution in [0.1, 0.15) is 0 Å². The summed E-state index contributed by atoms with van der Waals surface area (Å²) in [5, 5.41) is 9.83. The number of rotatable bonds is 7. The smallest absolute Gasteiger partial charge is 0.119 e. The third kappa shape index (κ3) is 5.41. The Morgan fingerprint density at radius 1 is 1.17 bits per heavy atom. The summed E-state index contributed by atoms with van der Waals surface area (Å²) in [4.78, 5) is 1.82. The molecular formula is C15H17NO2. The molecule has 1 rings (SSSR count). The lowest BCUT2D eigenvalue weighted by atomic mass is 10.3. The zero-order chi connectivity index (χ0) is 13.2. The monoisotopic (exact) mass is 243 g/mol. The van der Waals surface area contributed by atoms with Gasteiger partial charge < -0.3 is 9.84 Å². The van der Waals surface area contributed by atoms with E-state index in [0.29, 0.717) is 19.6 Å². The number of terminal acetylenes is 2. The first-order valence-electron chi connectivity index (χ1n) is 5.71. The SMILES string of the molecule is C#CCN(CC#C)CC(O)COc1ccccc1. The number of benzene rings is 1. The minimum Gasteiger partial charge on any atom is -0.491 e. The van der Waals surface area contributed by atoms with Gasteiger partial charge >= 0.3 is 0 Å². The number of aliphatic hydroxyl groups is 1. The van der Waals surface area contributed by atoms with Crippen LogP contribution in [-0.4, -0.2) is 42.4 Å². The molecule has 1 N–H and O–H groups in total. The van der Waals surface area contributed by atoms with Crippen molar-refractivity contribution in [2.75, 3.05) is 26.2 Å². The van der Waals surface area contributed by atoms with Gasteiger partial charge in [-0.05, 0) is 12.1 Å². The molecule has 0 spiro atoms. The van der Waals surface area contributed by atoms with E-state index in [4.69, 9.17) is 17.6 Å². The van der Waals surface area contributed by atoms with Crippen LogP contribution >= 0.6 is 0 Å². The average molecular weight is 243 g/mol. The first-order valence-corrected chi connectivity index (χ1v) is 5.71. The standard InChI is InChI=1S/C15H17NO2/c1-3-10-16(11-4-2)12-14(17)13-18-15-8-6-5-7-9-15/h1-2,5-9,14,17H,10-13H2. The summed E-state index contributed by atoms with van der Waals surface area (Å²) in [5.41, 5.74) is 0. The van der Waals surface area contributed by atoms with Gasteiger partial charge in [0.25, 0.3) is 0 Å². The number of nitrogens with zero attached hydrogens (tertiary/aromatic N) is 1. The van der Waals surface area contributed by atoms with Crippen LogP contribution in [0.3, 0.4) is 0 Å². The average Bonchev–Trinajstić information content (AvgIpc) is 2.38. The summed E-state index contributed by atoms with van der Waals surface area (Å²) >= 11 is 0. The third-order valence-corrected chi connectivity index (χ3v) is 2.28. The number of ether oxygens (including phenoxy) is 1. The molecule has 1 unspecified atom stereocenters. The van der Waals surface area contributed by atoms with Gasteiger partial charge in [0.1, 0.15) is 18.5 Å². The second-order valence-corrected chi connectivity index (χ2v) is 3.86. The van der Waals surface area contributed by atoms with Gasteiger partial charge in [-0.25, -0.2) is 0 Å². The molecule has 3 heteroatoms. The molecule has 0 aromatic heterocycles. The lowest BCUT2D eigenvalue weighted by Crippen LogP contribution is -2.36. The van der Waals surface area contributed by atoms with E-state index in [1.165, 1.54) is 0 Å². The molecule has 1 atom stereocenters. The lowest BCUT2D eigenvalue weighted by Gasteiger charge is -2.20. The van der Waals surface area contributed by atoms with Gasteiger partial charge in [-0.15, -0.1) is 12.8 Å². The zero-order valence-electron chi connectivity index (χ0n) is 10.2. The van der Waals surface area contributed by atoms with Crippen LogP contribution in [0.5, 0.6) is 5.75 Å². The van der Waals surface area contributed by atoms with Crippen LogP contribution in [0.4, 0.5) is 0 Å². The van der Waals surface area contributed by atoms with Gasteiger partial charge in [-0.2, -0.15) is 0 Å². The van der Waals surface area contributed by atoms with Gasteiger partial charge in [0.15, 0.2) is 0 Å². The fourth-order valence-electron chi connectivity index (χ4n) is 1.50. The lowest BCUT2D eigenvalue weighted by molar-refractivity contribution is 0.0766. The van der Waals surface area contributed by atoms with E-state index in [1.54, 1.807) is 0 Å². The maximum absolute atomic E-state index is 9.83. The largest absolute Gasteiger partial charge is 0.491 e. The third-order valence-electron chi connectivity index (χ3n) is 2.28. The number of hydrogen-bond acceptors (Lipinski definition) is 3. The quantitative estimate of drug-likeness (QED) is 0.725. The summed E-state index contributed by atoms with van der Waals surface area (Å²) in [5.74, 6) is 5.75. The summed E-state index contributed by atoms with van der Waals surface area (Å²) in [6.07, 6.45) is 9.84. The van der Waals surface area contributed by atoms with Gasteiger partial charge in [-0.3, -0.25) is 4.90 Å². The van der Waals surface area contributed by atoms with Crippen molar-refractivity contribution in [3.05, 3.63) is 30.3 Å². The Hall–Kier alpha value is -1.94. The summed E-state index contributed by atoms with van der Waals surface area (Å²) in [7, 11) is 0. The highest BCUT2D eigenvalue weighted by molar-refractivity contribution is 5.20. The molecule has 0 heterocycles. The molecule has 0 aliphatic heterocycles. The molecule has 0 bridgehead atoms. The van der Waals surface area contributed by atoms with E-state index in [0.717, 1.165) is 5.75 Å². The molecule has 0 aliphatic rings. The van der Waals surface area contributed by atoms with Gasteiger partial charge in [-0.1, -0.05) is 30.0 Å². The van der Waals surface area contributed by atoms with Crippen molar-refractivity contribution in [1.29, 1.82) is 0 Å². The Balaban J connectivity index is 2.34. The first kappa shape index (κ1) is 14.1. The normalized spacial score (nSPS) is 11.6. The molecular weight excluding hydrogens is 226 g/mol. The molecule has 1 aromatic rings. The zero-order valence-corrected chi connectivity index (χ0v) is 10.2. The van der Waals surface area contributed by atoms with Crippen LogP contribution in [0, 0.1) is 24.7 Å². The summed E-state index contributed by atoms with van der Waals surface area (Å²) in [6.45, 7) is 1.47. The van der Waals surface area contributed by atoms with Crippen molar-refractivity contribution in [3.63, 3.8) is 0 Å². The molecule has 0 radical (unpaired) electrons. The molecule has 0 amide bonds. The van der Waals surface area contributed by atoms with Crippen LogP contribution in [-0.2, 0) is 0 Å². The molecule has 0 fully saturated rings. The van der Waals surface area contributed by atoms with Crippen LogP contribution < -0.4 is 4.74 Å². The van der Waals surface area contributed by atoms with Crippen molar-refractivity contribution in [2.24, 2.45) is 0 Å². The molecule has 0 saturated carbocycles. The maximum atomic E-state index is 9.83. The molecule has 0 saturated heterocycles. The van der Waals surface area contributed by atoms with E-state index < -0.39 is 6.10 Å². The van der Waals surface area contributed by atoms with E-state index in [9.17, 15) is 5.11 Å². The summed E-state index contributed by atoms with van der Waals surface area (Å²) < 4.78 is 5.44. The number of aliphatic hydroxyl groups excluding tert-OH is 1. The van der Waals surface area contributed by atoms with E-state index in [2.05, 4.69) is 11.8 Å². The second kappa shape index (κ2) is 8.20.